The summed E-state index contributed by atoms with van der Waals surface area (Å²) in [5.74, 6) is 0.0636. The Hall–Kier alpha value is -1.37. The van der Waals surface area contributed by atoms with Crippen molar-refractivity contribution in [1.82, 2.24) is 0 Å². The van der Waals surface area contributed by atoms with Crippen LogP contribution in [-0.2, 0) is 0 Å². The Kier molecular flexibility index (Phi) is 4.00. The smallest absolute Gasteiger partial charge is 0.295 e. The maximum atomic E-state index is 13.5. The van der Waals surface area contributed by atoms with Crippen molar-refractivity contribution in [2.24, 2.45) is 5.92 Å². The van der Waals surface area contributed by atoms with E-state index in [9.17, 15) is 18.9 Å². The number of thioether (sulfide) groups is 1. The van der Waals surface area contributed by atoms with Crippen molar-refractivity contribution in [2.45, 2.75) is 6.42 Å². The third kappa shape index (κ3) is 2.72. The van der Waals surface area contributed by atoms with Gasteiger partial charge in [-0.2, -0.15) is 11.8 Å². The highest BCUT2D eigenvalue weighted by atomic mass is 32.2. The van der Waals surface area contributed by atoms with Gasteiger partial charge in [-0.15, -0.1) is 0 Å². The molecule has 0 amide bonds. The van der Waals surface area contributed by atoms with Gasteiger partial charge in [-0.1, -0.05) is 0 Å². The Morgan fingerprint density at radius 2 is 2.28 bits per heavy atom. The Balaban J connectivity index is 2.18. The first-order valence-corrected chi connectivity index (χ1v) is 6.69. The number of rotatable bonds is 4. The highest BCUT2D eigenvalue weighted by Gasteiger charge is 2.23. The van der Waals surface area contributed by atoms with E-state index >= 15 is 0 Å². The van der Waals surface area contributed by atoms with Gasteiger partial charge in [0.15, 0.2) is 17.3 Å². The number of benzene rings is 1. The summed E-state index contributed by atoms with van der Waals surface area (Å²) < 4.78 is 26.6. The van der Waals surface area contributed by atoms with Gasteiger partial charge in [-0.25, -0.2) is 8.78 Å². The van der Waals surface area contributed by atoms with Crippen molar-refractivity contribution in [3.63, 3.8) is 0 Å². The Bertz CT molecular complexity index is 465. The lowest BCUT2D eigenvalue weighted by molar-refractivity contribution is -0.384. The molecule has 98 valence electrons. The third-order valence-electron chi connectivity index (χ3n) is 2.86. The van der Waals surface area contributed by atoms with Crippen LogP contribution in [0.4, 0.5) is 20.2 Å². The molecule has 0 aromatic heterocycles. The molecule has 0 aliphatic carbocycles. The molecule has 0 bridgehead atoms. The summed E-state index contributed by atoms with van der Waals surface area (Å²) in [5, 5.41) is 13.4. The topological polar surface area (TPSA) is 55.2 Å². The molecule has 1 fully saturated rings. The highest BCUT2D eigenvalue weighted by Crippen LogP contribution is 2.30. The second-order valence-corrected chi connectivity index (χ2v) is 5.27. The van der Waals surface area contributed by atoms with Crippen molar-refractivity contribution in [2.75, 3.05) is 23.4 Å². The van der Waals surface area contributed by atoms with E-state index in [1.54, 1.807) is 11.8 Å². The van der Waals surface area contributed by atoms with Gasteiger partial charge in [0.05, 0.1) is 4.92 Å². The van der Waals surface area contributed by atoms with Gasteiger partial charge >= 0.3 is 0 Å². The number of nitrogens with one attached hydrogen (secondary N) is 1. The Morgan fingerprint density at radius 3 is 2.89 bits per heavy atom. The average molecular weight is 274 g/mol. The number of nitrogens with zero attached hydrogens (tertiary/aromatic N) is 1. The number of hydrogen-bond donors (Lipinski definition) is 1. The quantitative estimate of drug-likeness (QED) is 0.677. The van der Waals surface area contributed by atoms with Crippen LogP contribution in [0.2, 0.25) is 0 Å². The summed E-state index contributed by atoms with van der Waals surface area (Å²) in [5.41, 5.74) is -0.781. The maximum Gasteiger partial charge on any atom is 0.295 e. The van der Waals surface area contributed by atoms with E-state index < -0.39 is 22.2 Å². The van der Waals surface area contributed by atoms with Crippen LogP contribution in [0.5, 0.6) is 0 Å². The molecular formula is C11H12F2N2O2S. The van der Waals surface area contributed by atoms with Crippen LogP contribution in [0.15, 0.2) is 12.1 Å². The molecule has 18 heavy (non-hydrogen) atoms. The first-order chi connectivity index (χ1) is 8.59. The minimum Gasteiger partial charge on any atom is -0.377 e. The lowest BCUT2D eigenvalue weighted by Gasteiger charge is -2.12. The third-order valence-corrected chi connectivity index (χ3v) is 4.09. The molecule has 7 heteroatoms. The maximum absolute atomic E-state index is 13.5. The number of anilines is 1. The zero-order valence-corrected chi connectivity index (χ0v) is 10.3. The van der Waals surface area contributed by atoms with Crippen LogP contribution in [0.25, 0.3) is 0 Å². The average Bonchev–Trinajstić information content (AvgIpc) is 2.83. The summed E-state index contributed by atoms with van der Waals surface area (Å²) in [7, 11) is 0. The van der Waals surface area contributed by atoms with Crippen LogP contribution < -0.4 is 5.32 Å². The van der Waals surface area contributed by atoms with E-state index in [-0.39, 0.29) is 5.69 Å². The second kappa shape index (κ2) is 5.51. The Morgan fingerprint density at radius 1 is 1.50 bits per heavy atom. The van der Waals surface area contributed by atoms with Gasteiger partial charge in [0.1, 0.15) is 0 Å². The predicted molar refractivity (Wildman–Crippen MR) is 66.9 cm³/mol. The van der Waals surface area contributed by atoms with E-state index in [1.807, 2.05) is 0 Å². The minimum atomic E-state index is -1.19. The fourth-order valence-corrected chi connectivity index (χ4v) is 3.14. The summed E-state index contributed by atoms with van der Waals surface area (Å²) in [6.07, 6.45) is 0.988. The molecule has 2 rings (SSSR count). The van der Waals surface area contributed by atoms with E-state index in [0.29, 0.717) is 12.5 Å². The minimum absolute atomic E-state index is 0.345. The molecule has 1 atom stereocenters. The lowest BCUT2D eigenvalue weighted by Crippen LogP contribution is -2.15. The summed E-state index contributed by atoms with van der Waals surface area (Å²) in [4.78, 5) is 10.0. The Labute approximate surface area is 107 Å². The lowest BCUT2D eigenvalue weighted by atomic mass is 10.1. The van der Waals surface area contributed by atoms with Gasteiger partial charge in [-0.05, 0) is 29.9 Å². The summed E-state index contributed by atoms with van der Waals surface area (Å²) in [6, 6.07) is 1.74. The largest absolute Gasteiger partial charge is 0.377 e. The molecule has 1 saturated heterocycles. The van der Waals surface area contributed by atoms with E-state index in [2.05, 4.69) is 5.32 Å². The number of nitro groups is 1. The van der Waals surface area contributed by atoms with Gasteiger partial charge in [0.2, 0.25) is 0 Å². The number of hydrogen-bond acceptors (Lipinski definition) is 4. The van der Waals surface area contributed by atoms with Crippen molar-refractivity contribution >= 4 is 23.1 Å². The number of nitro benzene ring substituents is 1. The fraction of sp³-hybridized carbons (Fsp3) is 0.455. The summed E-state index contributed by atoms with van der Waals surface area (Å²) in [6.45, 7) is 0.425. The molecule has 1 aromatic rings. The predicted octanol–water partition coefficient (Wildman–Crippen LogP) is 3.04. The molecule has 1 unspecified atom stereocenters. The first kappa shape index (κ1) is 13.1. The van der Waals surface area contributed by atoms with Crippen molar-refractivity contribution in [1.29, 1.82) is 0 Å². The van der Waals surface area contributed by atoms with Crippen LogP contribution in [0.1, 0.15) is 6.42 Å². The van der Waals surface area contributed by atoms with E-state index in [4.69, 9.17) is 0 Å². The van der Waals surface area contributed by atoms with Gasteiger partial charge in [0, 0.05) is 12.6 Å². The molecular weight excluding hydrogens is 262 g/mol. The zero-order chi connectivity index (χ0) is 13.1. The summed E-state index contributed by atoms with van der Waals surface area (Å²) >= 11 is 1.79. The zero-order valence-electron chi connectivity index (χ0n) is 9.49. The van der Waals surface area contributed by atoms with Gasteiger partial charge in [-0.3, -0.25) is 10.1 Å². The molecule has 1 aromatic carbocycles. The van der Waals surface area contributed by atoms with Gasteiger partial charge < -0.3 is 5.32 Å². The first-order valence-electron chi connectivity index (χ1n) is 5.53. The molecule has 1 aliphatic rings. The molecule has 0 radical (unpaired) electrons. The van der Waals surface area contributed by atoms with E-state index in [0.717, 1.165) is 30.1 Å². The van der Waals surface area contributed by atoms with Crippen LogP contribution in [0, 0.1) is 27.7 Å². The number of halogens is 2. The standard InChI is InChI=1S/C11H12F2N2O2S/c12-8-1-2-9(15(16)17)11(10(8)13)14-5-7-3-4-18-6-7/h1-2,7,14H,3-6H2. The monoisotopic (exact) mass is 274 g/mol. The molecule has 0 spiro atoms. The molecule has 1 heterocycles. The van der Waals surface area contributed by atoms with Crippen molar-refractivity contribution in [3.05, 3.63) is 33.9 Å². The van der Waals surface area contributed by atoms with Crippen molar-refractivity contribution < 1.29 is 13.7 Å². The van der Waals surface area contributed by atoms with Crippen LogP contribution in [-0.4, -0.2) is 23.0 Å². The normalized spacial score (nSPS) is 18.9. The SMILES string of the molecule is O=[N+]([O-])c1ccc(F)c(F)c1NCC1CCSC1. The second-order valence-electron chi connectivity index (χ2n) is 4.12. The molecule has 1 N–H and O–H groups in total. The molecule has 1 aliphatic heterocycles. The van der Waals surface area contributed by atoms with Crippen LogP contribution >= 0.6 is 11.8 Å². The van der Waals surface area contributed by atoms with Gasteiger partial charge in [0.25, 0.3) is 5.69 Å². The molecule has 4 nitrogen and oxygen atoms in total. The van der Waals surface area contributed by atoms with Crippen LogP contribution in [0.3, 0.4) is 0 Å². The fourth-order valence-electron chi connectivity index (χ4n) is 1.85. The van der Waals surface area contributed by atoms with Crippen molar-refractivity contribution in [3.8, 4) is 0 Å². The highest BCUT2D eigenvalue weighted by molar-refractivity contribution is 7.99. The van der Waals surface area contributed by atoms with E-state index in [1.165, 1.54) is 0 Å². The molecule has 0 saturated carbocycles.